The molecule has 0 atom stereocenters. The van der Waals surface area contributed by atoms with E-state index < -0.39 is 12.5 Å². The number of nitrogens with zero attached hydrogens (tertiary/aromatic N) is 1. The Labute approximate surface area is 116 Å². The number of benzene rings is 1. The molecule has 94 valence electrons. The van der Waals surface area contributed by atoms with Gasteiger partial charge in [0.1, 0.15) is 6.54 Å². The van der Waals surface area contributed by atoms with E-state index in [-0.39, 0.29) is 4.87 Å². The Hall–Kier alpha value is -1.30. The molecule has 1 heterocycles. The molecular formula is C11H7Cl2NO3S. The van der Waals surface area contributed by atoms with Crippen molar-refractivity contribution in [2.45, 2.75) is 6.54 Å². The van der Waals surface area contributed by atoms with Crippen molar-refractivity contribution in [2.75, 3.05) is 0 Å². The molecule has 2 rings (SSSR count). The number of aromatic nitrogens is 1. The average molecular weight is 304 g/mol. The van der Waals surface area contributed by atoms with Gasteiger partial charge in [-0.2, -0.15) is 0 Å². The fourth-order valence-electron chi connectivity index (χ4n) is 1.52. The molecule has 0 fully saturated rings. The molecule has 1 N–H and O–H groups in total. The van der Waals surface area contributed by atoms with Crippen LogP contribution < -0.4 is 4.87 Å². The largest absolute Gasteiger partial charge is 0.480 e. The van der Waals surface area contributed by atoms with Gasteiger partial charge < -0.3 is 5.11 Å². The van der Waals surface area contributed by atoms with Crippen LogP contribution in [-0.4, -0.2) is 15.6 Å². The maximum absolute atomic E-state index is 11.6. The molecule has 0 bridgehead atoms. The second kappa shape index (κ2) is 5.14. The van der Waals surface area contributed by atoms with Gasteiger partial charge in [-0.05, 0) is 18.2 Å². The molecule has 1 aromatic carbocycles. The maximum Gasteiger partial charge on any atom is 0.323 e. The fraction of sp³-hybridized carbons (Fsp3) is 0.0909. The van der Waals surface area contributed by atoms with Gasteiger partial charge in [-0.3, -0.25) is 14.2 Å². The molecule has 2 aromatic rings. The molecule has 0 radical (unpaired) electrons. The van der Waals surface area contributed by atoms with Crippen LogP contribution in [0.3, 0.4) is 0 Å². The zero-order valence-electron chi connectivity index (χ0n) is 8.89. The summed E-state index contributed by atoms with van der Waals surface area (Å²) in [7, 11) is 0. The van der Waals surface area contributed by atoms with E-state index in [1.54, 1.807) is 23.6 Å². The molecule has 18 heavy (non-hydrogen) atoms. The molecular weight excluding hydrogens is 297 g/mol. The van der Waals surface area contributed by atoms with E-state index in [2.05, 4.69) is 0 Å². The summed E-state index contributed by atoms with van der Waals surface area (Å²) in [4.78, 5) is 22.0. The van der Waals surface area contributed by atoms with Crippen molar-refractivity contribution in [3.05, 3.63) is 43.3 Å². The molecule has 0 saturated heterocycles. The predicted molar refractivity (Wildman–Crippen MR) is 71.7 cm³/mol. The summed E-state index contributed by atoms with van der Waals surface area (Å²) in [6.07, 6.45) is 0. The van der Waals surface area contributed by atoms with E-state index >= 15 is 0 Å². The maximum atomic E-state index is 11.6. The van der Waals surface area contributed by atoms with E-state index in [1.165, 1.54) is 0 Å². The summed E-state index contributed by atoms with van der Waals surface area (Å²) in [5, 5.41) is 11.2. The third kappa shape index (κ3) is 2.58. The topological polar surface area (TPSA) is 59.3 Å². The summed E-state index contributed by atoms with van der Waals surface area (Å²) in [5.74, 6) is -1.09. The number of carboxylic acids is 1. The number of hydrogen-bond donors (Lipinski definition) is 1. The van der Waals surface area contributed by atoms with Gasteiger partial charge in [0.25, 0.3) is 0 Å². The standard InChI is InChI=1S/C11H7Cl2NO3S/c12-6-1-2-8(13)7(3-6)9-5-18-11(17)14(9)4-10(15)16/h1-3,5H,4H2,(H,15,16). The number of hydrogen-bond acceptors (Lipinski definition) is 3. The Bertz CT molecular complexity index is 663. The van der Waals surface area contributed by atoms with Crippen LogP contribution in [0.1, 0.15) is 0 Å². The second-order valence-corrected chi connectivity index (χ2v) is 5.16. The summed E-state index contributed by atoms with van der Waals surface area (Å²) in [5.41, 5.74) is 1.00. The predicted octanol–water partition coefficient (Wildman–Crippen LogP) is 2.97. The lowest BCUT2D eigenvalue weighted by Gasteiger charge is -2.07. The van der Waals surface area contributed by atoms with Crippen molar-refractivity contribution in [2.24, 2.45) is 0 Å². The van der Waals surface area contributed by atoms with E-state index in [9.17, 15) is 9.59 Å². The van der Waals surface area contributed by atoms with Crippen LogP contribution in [0.5, 0.6) is 0 Å². The molecule has 0 spiro atoms. The van der Waals surface area contributed by atoms with Crippen LogP contribution in [0.25, 0.3) is 11.3 Å². The van der Waals surface area contributed by atoms with Crippen LogP contribution in [0.2, 0.25) is 10.0 Å². The van der Waals surface area contributed by atoms with Crippen LogP contribution in [0.4, 0.5) is 0 Å². The molecule has 0 aliphatic carbocycles. The Morgan fingerprint density at radius 2 is 2.11 bits per heavy atom. The summed E-state index contributed by atoms with van der Waals surface area (Å²) < 4.78 is 1.16. The summed E-state index contributed by atoms with van der Waals surface area (Å²) in [6.45, 7) is -0.402. The molecule has 0 unspecified atom stereocenters. The van der Waals surface area contributed by atoms with E-state index in [1.807, 2.05) is 0 Å². The molecule has 1 aromatic heterocycles. The minimum Gasteiger partial charge on any atom is -0.480 e. The minimum atomic E-state index is -1.09. The van der Waals surface area contributed by atoms with Crippen molar-refractivity contribution in [1.82, 2.24) is 4.57 Å². The van der Waals surface area contributed by atoms with Crippen LogP contribution in [0.15, 0.2) is 28.4 Å². The smallest absolute Gasteiger partial charge is 0.323 e. The molecule has 7 heteroatoms. The molecule has 0 aliphatic rings. The van der Waals surface area contributed by atoms with E-state index in [0.29, 0.717) is 21.3 Å². The zero-order chi connectivity index (χ0) is 13.3. The highest BCUT2D eigenvalue weighted by atomic mass is 35.5. The number of aliphatic carboxylic acids is 1. The Balaban J connectivity index is 2.60. The van der Waals surface area contributed by atoms with Crippen molar-refractivity contribution >= 4 is 40.5 Å². The number of halogens is 2. The van der Waals surface area contributed by atoms with Crippen molar-refractivity contribution in [3.63, 3.8) is 0 Å². The summed E-state index contributed by atoms with van der Waals surface area (Å²) in [6, 6.07) is 4.83. The van der Waals surface area contributed by atoms with E-state index in [4.69, 9.17) is 28.3 Å². The average Bonchev–Trinajstić information content (AvgIpc) is 2.64. The monoisotopic (exact) mass is 303 g/mol. The van der Waals surface area contributed by atoms with Gasteiger partial charge in [-0.15, -0.1) is 0 Å². The van der Waals surface area contributed by atoms with Crippen LogP contribution in [0, 0.1) is 0 Å². The molecule has 0 aliphatic heterocycles. The number of carboxylic acid groups (broad SMARTS) is 1. The minimum absolute atomic E-state index is 0.344. The highest BCUT2D eigenvalue weighted by Crippen LogP contribution is 2.30. The van der Waals surface area contributed by atoms with Crippen LogP contribution >= 0.6 is 34.5 Å². The van der Waals surface area contributed by atoms with Gasteiger partial charge in [0.2, 0.25) is 0 Å². The number of rotatable bonds is 3. The molecule has 4 nitrogen and oxygen atoms in total. The van der Waals surface area contributed by atoms with Gasteiger partial charge >= 0.3 is 10.8 Å². The third-order valence-electron chi connectivity index (χ3n) is 2.28. The van der Waals surface area contributed by atoms with Crippen LogP contribution in [-0.2, 0) is 11.3 Å². The first-order chi connectivity index (χ1) is 8.49. The van der Waals surface area contributed by atoms with Gasteiger partial charge in [0.15, 0.2) is 0 Å². The second-order valence-electron chi connectivity index (χ2n) is 3.49. The van der Waals surface area contributed by atoms with Gasteiger partial charge in [0, 0.05) is 16.0 Å². The summed E-state index contributed by atoms with van der Waals surface area (Å²) >= 11 is 12.8. The highest BCUT2D eigenvalue weighted by Gasteiger charge is 2.14. The van der Waals surface area contributed by atoms with Crippen molar-refractivity contribution in [1.29, 1.82) is 0 Å². The lowest BCUT2D eigenvalue weighted by atomic mass is 10.1. The quantitative estimate of drug-likeness (QED) is 0.948. The lowest BCUT2D eigenvalue weighted by molar-refractivity contribution is -0.137. The number of thiazole rings is 1. The van der Waals surface area contributed by atoms with E-state index in [0.717, 1.165) is 15.9 Å². The molecule has 0 saturated carbocycles. The first-order valence-corrected chi connectivity index (χ1v) is 6.48. The molecule has 0 amide bonds. The van der Waals surface area contributed by atoms with Gasteiger partial charge in [-0.25, -0.2) is 0 Å². The van der Waals surface area contributed by atoms with Gasteiger partial charge in [0.05, 0.1) is 10.7 Å². The Morgan fingerprint density at radius 1 is 1.39 bits per heavy atom. The first-order valence-electron chi connectivity index (χ1n) is 4.84. The Kier molecular flexibility index (Phi) is 3.75. The first kappa shape index (κ1) is 13.1. The normalized spacial score (nSPS) is 10.6. The highest BCUT2D eigenvalue weighted by molar-refractivity contribution is 7.07. The van der Waals surface area contributed by atoms with Crippen molar-refractivity contribution < 1.29 is 9.90 Å². The van der Waals surface area contributed by atoms with Gasteiger partial charge in [-0.1, -0.05) is 34.5 Å². The lowest BCUT2D eigenvalue weighted by Crippen LogP contribution is -2.19. The number of carbonyl (C=O) groups is 1. The SMILES string of the molecule is O=C(O)Cn1c(-c2cc(Cl)ccc2Cl)csc1=O. The zero-order valence-corrected chi connectivity index (χ0v) is 11.2. The third-order valence-corrected chi connectivity index (χ3v) is 3.61. The van der Waals surface area contributed by atoms with Crippen molar-refractivity contribution in [3.8, 4) is 11.3 Å². The fourth-order valence-corrected chi connectivity index (χ4v) is 2.66. The Morgan fingerprint density at radius 3 is 2.78 bits per heavy atom.